The molecule has 0 aliphatic rings. The first-order chi connectivity index (χ1) is 9.53. The van der Waals surface area contributed by atoms with Gasteiger partial charge in [0.1, 0.15) is 0 Å². The monoisotopic (exact) mass is 287 g/mol. The van der Waals surface area contributed by atoms with Crippen molar-refractivity contribution in [1.82, 2.24) is 0 Å². The molecule has 0 aromatic heterocycles. The summed E-state index contributed by atoms with van der Waals surface area (Å²) in [5.74, 6) is 0. The van der Waals surface area contributed by atoms with Gasteiger partial charge < -0.3 is 0 Å². The van der Waals surface area contributed by atoms with Gasteiger partial charge in [-0.2, -0.15) is 0 Å². The summed E-state index contributed by atoms with van der Waals surface area (Å²) in [6.07, 6.45) is 3.74. The standard InChI is InChI=1S/C16H17NO2S/c1-3-6-14-7-4-5-8-16(14)17-20(18,19)15-11-9-13(2)10-12-15/h3-12,17H,1-2H3. The zero-order valence-electron chi connectivity index (χ0n) is 11.5. The van der Waals surface area contributed by atoms with Crippen LogP contribution in [0.3, 0.4) is 0 Å². The molecule has 0 aliphatic heterocycles. The maximum absolute atomic E-state index is 12.3. The molecule has 0 fully saturated rings. The van der Waals surface area contributed by atoms with Crippen LogP contribution in [0, 0.1) is 6.92 Å². The average molecular weight is 287 g/mol. The number of sulfonamides is 1. The Hall–Kier alpha value is -2.07. The van der Waals surface area contributed by atoms with Crippen molar-refractivity contribution in [3.05, 3.63) is 65.7 Å². The van der Waals surface area contributed by atoms with E-state index in [4.69, 9.17) is 0 Å². The first kappa shape index (κ1) is 14.3. The van der Waals surface area contributed by atoms with Crippen molar-refractivity contribution in [3.8, 4) is 0 Å². The predicted molar refractivity (Wildman–Crippen MR) is 83.1 cm³/mol. The smallest absolute Gasteiger partial charge is 0.261 e. The quantitative estimate of drug-likeness (QED) is 0.929. The lowest BCUT2D eigenvalue weighted by Gasteiger charge is -2.10. The Morgan fingerprint density at radius 1 is 1.00 bits per heavy atom. The molecule has 0 spiro atoms. The van der Waals surface area contributed by atoms with E-state index in [0.29, 0.717) is 5.69 Å². The molecule has 2 aromatic rings. The first-order valence-corrected chi connectivity index (χ1v) is 7.82. The van der Waals surface area contributed by atoms with Gasteiger partial charge in [-0.15, -0.1) is 0 Å². The molecule has 0 radical (unpaired) electrons. The summed E-state index contributed by atoms with van der Waals surface area (Å²) in [5, 5.41) is 0. The number of nitrogens with one attached hydrogen (secondary N) is 1. The van der Waals surface area contributed by atoms with Crippen LogP contribution < -0.4 is 4.72 Å². The highest BCUT2D eigenvalue weighted by Crippen LogP contribution is 2.21. The number of aryl methyl sites for hydroxylation is 1. The topological polar surface area (TPSA) is 46.2 Å². The second kappa shape index (κ2) is 5.92. The second-order valence-electron chi connectivity index (χ2n) is 4.51. The van der Waals surface area contributed by atoms with E-state index >= 15 is 0 Å². The predicted octanol–water partition coefficient (Wildman–Crippen LogP) is 3.83. The lowest BCUT2D eigenvalue weighted by Crippen LogP contribution is -2.13. The SMILES string of the molecule is CC=Cc1ccccc1NS(=O)(=O)c1ccc(C)cc1. The molecular weight excluding hydrogens is 270 g/mol. The Kier molecular flexibility index (Phi) is 4.25. The molecule has 0 aliphatic carbocycles. The van der Waals surface area contributed by atoms with E-state index in [9.17, 15) is 8.42 Å². The molecule has 0 amide bonds. The Morgan fingerprint density at radius 3 is 2.30 bits per heavy atom. The minimum absolute atomic E-state index is 0.262. The third-order valence-corrected chi connectivity index (χ3v) is 4.26. The Bertz CT molecular complexity index is 716. The largest absolute Gasteiger partial charge is 0.279 e. The van der Waals surface area contributed by atoms with Gasteiger partial charge in [-0.3, -0.25) is 4.72 Å². The molecule has 0 unspecified atom stereocenters. The number of rotatable bonds is 4. The third-order valence-electron chi connectivity index (χ3n) is 2.88. The van der Waals surface area contributed by atoms with Gasteiger partial charge in [-0.25, -0.2) is 8.42 Å². The number of allylic oxidation sites excluding steroid dienone is 1. The summed E-state index contributed by atoms with van der Waals surface area (Å²) < 4.78 is 27.3. The number of para-hydroxylation sites is 1. The highest BCUT2D eigenvalue weighted by atomic mass is 32.2. The summed E-state index contributed by atoms with van der Waals surface area (Å²) in [7, 11) is -3.55. The lowest BCUT2D eigenvalue weighted by atomic mass is 10.2. The molecule has 20 heavy (non-hydrogen) atoms. The van der Waals surface area contributed by atoms with Crippen molar-refractivity contribution in [1.29, 1.82) is 0 Å². The maximum atomic E-state index is 12.3. The van der Waals surface area contributed by atoms with Crippen LogP contribution in [0.25, 0.3) is 6.08 Å². The number of benzene rings is 2. The fraction of sp³-hybridized carbons (Fsp3) is 0.125. The molecule has 3 nitrogen and oxygen atoms in total. The number of hydrogen-bond donors (Lipinski definition) is 1. The summed E-state index contributed by atoms with van der Waals surface area (Å²) in [5.41, 5.74) is 2.44. The van der Waals surface area contributed by atoms with Crippen LogP contribution in [-0.4, -0.2) is 8.42 Å². The zero-order chi connectivity index (χ0) is 14.6. The number of hydrogen-bond acceptors (Lipinski definition) is 2. The molecular formula is C16H17NO2S. The van der Waals surface area contributed by atoms with Crippen molar-refractivity contribution in [2.75, 3.05) is 4.72 Å². The third kappa shape index (κ3) is 3.27. The second-order valence-corrected chi connectivity index (χ2v) is 6.19. The van der Waals surface area contributed by atoms with Gasteiger partial charge in [0.25, 0.3) is 10.0 Å². The average Bonchev–Trinajstić information content (AvgIpc) is 2.41. The Balaban J connectivity index is 2.36. The molecule has 2 aromatic carbocycles. The first-order valence-electron chi connectivity index (χ1n) is 6.34. The normalized spacial score (nSPS) is 11.7. The minimum Gasteiger partial charge on any atom is -0.279 e. The van der Waals surface area contributed by atoms with Crippen LogP contribution in [0.2, 0.25) is 0 Å². The van der Waals surface area contributed by atoms with Crippen molar-refractivity contribution in [3.63, 3.8) is 0 Å². The van der Waals surface area contributed by atoms with Crippen LogP contribution in [0.4, 0.5) is 5.69 Å². The van der Waals surface area contributed by atoms with E-state index in [1.165, 1.54) is 0 Å². The molecule has 0 heterocycles. The van der Waals surface area contributed by atoms with Crippen LogP contribution in [0.1, 0.15) is 18.1 Å². The summed E-state index contributed by atoms with van der Waals surface area (Å²) in [6.45, 7) is 3.82. The highest BCUT2D eigenvalue weighted by molar-refractivity contribution is 7.92. The van der Waals surface area contributed by atoms with Gasteiger partial charge in [0.15, 0.2) is 0 Å². The molecule has 1 N–H and O–H groups in total. The van der Waals surface area contributed by atoms with Crippen molar-refractivity contribution >= 4 is 21.8 Å². The highest BCUT2D eigenvalue weighted by Gasteiger charge is 2.14. The van der Waals surface area contributed by atoms with Crippen molar-refractivity contribution in [2.45, 2.75) is 18.7 Å². The lowest BCUT2D eigenvalue weighted by molar-refractivity contribution is 0.601. The van der Waals surface area contributed by atoms with Crippen molar-refractivity contribution in [2.24, 2.45) is 0 Å². The fourth-order valence-corrected chi connectivity index (χ4v) is 2.92. The fourth-order valence-electron chi connectivity index (χ4n) is 1.84. The van der Waals surface area contributed by atoms with Crippen LogP contribution >= 0.6 is 0 Å². The van der Waals surface area contributed by atoms with Gasteiger partial charge in [-0.1, -0.05) is 48.0 Å². The van der Waals surface area contributed by atoms with Crippen LogP contribution in [0.5, 0.6) is 0 Å². The van der Waals surface area contributed by atoms with Gasteiger partial charge in [-0.05, 0) is 37.6 Å². The van der Waals surface area contributed by atoms with E-state index < -0.39 is 10.0 Å². The maximum Gasteiger partial charge on any atom is 0.261 e. The summed E-state index contributed by atoms with van der Waals surface area (Å²) >= 11 is 0. The van der Waals surface area contributed by atoms with E-state index in [2.05, 4.69) is 4.72 Å². The van der Waals surface area contributed by atoms with Crippen LogP contribution in [0.15, 0.2) is 59.5 Å². The Labute approximate surface area is 120 Å². The molecule has 2 rings (SSSR count). The molecule has 0 bridgehead atoms. The molecule has 0 atom stereocenters. The molecule has 0 saturated carbocycles. The van der Waals surface area contributed by atoms with Crippen molar-refractivity contribution < 1.29 is 8.42 Å². The van der Waals surface area contributed by atoms with Gasteiger partial charge in [0.2, 0.25) is 0 Å². The number of anilines is 1. The van der Waals surface area contributed by atoms with E-state index in [1.54, 1.807) is 36.4 Å². The van der Waals surface area contributed by atoms with E-state index in [-0.39, 0.29) is 4.90 Å². The van der Waals surface area contributed by atoms with Crippen LogP contribution in [-0.2, 0) is 10.0 Å². The molecule has 0 saturated heterocycles. The molecule has 4 heteroatoms. The van der Waals surface area contributed by atoms with Gasteiger partial charge in [0, 0.05) is 0 Å². The Morgan fingerprint density at radius 2 is 1.65 bits per heavy atom. The minimum atomic E-state index is -3.55. The summed E-state index contributed by atoms with van der Waals surface area (Å²) in [6, 6.07) is 14.1. The zero-order valence-corrected chi connectivity index (χ0v) is 12.3. The molecule has 104 valence electrons. The van der Waals surface area contributed by atoms with E-state index in [1.807, 2.05) is 38.1 Å². The summed E-state index contributed by atoms with van der Waals surface area (Å²) in [4.78, 5) is 0.262. The van der Waals surface area contributed by atoms with Gasteiger partial charge >= 0.3 is 0 Å². The van der Waals surface area contributed by atoms with Gasteiger partial charge in [0.05, 0.1) is 10.6 Å². The van der Waals surface area contributed by atoms with E-state index in [0.717, 1.165) is 11.1 Å².